The molecule has 0 aliphatic carbocycles. The average molecular weight is 596 g/mol. The van der Waals surface area contributed by atoms with Crippen molar-refractivity contribution >= 4 is 5.97 Å². The Balaban J connectivity index is 1.33. The molecule has 0 amide bonds. The number of likely N-dealkylation sites (N-methyl/N-ethyl adjacent to an activating group) is 1. The van der Waals surface area contributed by atoms with Crippen LogP contribution in [0.4, 0.5) is 0 Å². The first-order chi connectivity index (χ1) is 21.2. The summed E-state index contributed by atoms with van der Waals surface area (Å²) in [4.78, 5) is 17.5. The lowest BCUT2D eigenvalue weighted by Gasteiger charge is -2.59. The van der Waals surface area contributed by atoms with Crippen LogP contribution in [-0.2, 0) is 28.8 Å². The number of rotatable bonds is 5. The number of phenolic OH excluding ortho intramolecular Hbond substituents is 2. The summed E-state index contributed by atoms with van der Waals surface area (Å²) < 4.78 is 17.8. The Bertz CT molecular complexity index is 1700. The second-order valence-corrected chi connectivity index (χ2v) is 12.5. The summed E-state index contributed by atoms with van der Waals surface area (Å²) in [6, 6.07) is 12.7. The van der Waals surface area contributed by atoms with E-state index in [9.17, 15) is 20.3 Å². The topological polar surface area (TPSA) is 115 Å². The highest BCUT2D eigenvalue weighted by molar-refractivity contribution is 5.70. The van der Waals surface area contributed by atoms with E-state index in [4.69, 9.17) is 14.2 Å². The van der Waals surface area contributed by atoms with Gasteiger partial charge in [0.15, 0.2) is 11.5 Å². The van der Waals surface area contributed by atoms with E-state index >= 15 is 0 Å². The molecule has 2 N–H and O–H groups in total. The number of esters is 1. The van der Waals surface area contributed by atoms with Crippen LogP contribution >= 0.6 is 0 Å². The zero-order valence-electron chi connectivity index (χ0n) is 25.5. The molecule has 4 heterocycles. The molecule has 2 bridgehead atoms. The number of carbonyl (C=O) groups excluding carboxylic acids is 1. The van der Waals surface area contributed by atoms with E-state index in [1.54, 1.807) is 0 Å². The molecule has 9 nitrogen and oxygen atoms in total. The normalized spacial score (nSPS) is 25.0. The number of carbonyl (C=O) groups is 1. The van der Waals surface area contributed by atoms with E-state index in [-0.39, 0.29) is 55.4 Å². The summed E-state index contributed by atoms with van der Waals surface area (Å²) in [5.74, 6) is 1.10. The molecule has 1 saturated heterocycles. The number of phenols is 2. The SMILES string of the molecule is Cc1cc2c(c(O)c1C)[C@@H]1C3Cc4c(O)c(C)c5c(c4[C@H](COC(=O)CCc4ccccc4)N3[C@@H](C#N)[C@H](C2)N1C)OCO5. The maximum atomic E-state index is 13.1. The summed E-state index contributed by atoms with van der Waals surface area (Å²) in [5, 5.41) is 33.8. The van der Waals surface area contributed by atoms with Gasteiger partial charge in [0.1, 0.15) is 24.1 Å². The van der Waals surface area contributed by atoms with Crippen LogP contribution in [0.15, 0.2) is 36.4 Å². The predicted molar refractivity (Wildman–Crippen MR) is 162 cm³/mol. The van der Waals surface area contributed by atoms with Gasteiger partial charge in [0.2, 0.25) is 6.79 Å². The van der Waals surface area contributed by atoms with Gasteiger partial charge in [-0.15, -0.1) is 0 Å². The van der Waals surface area contributed by atoms with Crippen molar-refractivity contribution in [3.63, 3.8) is 0 Å². The van der Waals surface area contributed by atoms with Crippen molar-refractivity contribution < 1.29 is 29.2 Å². The number of nitriles is 1. The van der Waals surface area contributed by atoms with Crippen molar-refractivity contribution in [2.24, 2.45) is 0 Å². The molecule has 1 unspecified atom stereocenters. The van der Waals surface area contributed by atoms with E-state index in [2.05, 4.69) is 21.9 Å². The number of nitrogens with zero attached hydrogens (tertiary/aromatic N) is 3. The van der Waals surface area contributed by atoms with Crippen molar-refractivity contribution in [2.75, 3.05) is 20.4 Å². The van der Waals surface area contributed by atoms with Gasteiger partial charge in [-0.3, -0.25) is 14.6 Å². The largest absolute Gasteiger partial charge is 0.507 e. The number of aryl methyl sites for hydroxylation is 2. The third-order valence-corrected chi connectivity index (χ3v) is 10.3. The van der Waals surface area contributed by atoms with Crippen molar-refractivity contribution in [3.05, 3.63) is 80.9 Å². The number of ether oxygens (including phenoxy) is 3. The quantitative estimate of drug-likeness (QED) is 0.405. The second-order valence-electron chi connectivity index (χ2n) is 12.5. The summed E-state index contributed by atoms with van der Waals surface area (Å²) in [7, 11) is 2.02. The standard InChI is InChI=1S/C35H37N3O6/c1-18-12-22-13-24-26(15-36)38-25(31(37(24)4)29(22)33(41)19(18)2)14-23-30(35-34(43-17-44-35)20(3)32(23)40)27(38)16-42-28(39)11-10-21-8-6-5-7-9-21/h5-9,12,24-27,31,40-41H,10-11,13-14,16-17H2,1-4H3/t24-,25?,26-,27-,31-/m0/s1. The Morgan fingerprint density at radius 3 is 2.52 bits per heavy atom. The molecule has 0 aromatic heterocycles. The molecule has 0 spiro atoms. The Kier molecular flexibility index (Phi) is 6.95. The van der Waals surface area contributed by atoms with Crippen LogP contribution in [0.5, 0.6) is 23.0 Å². The summed E-state index contributed by atoms with van der Waals surface area (Å²) in [6.45, 7) is 5.75. The monoisotopic (exact) mass is 595 g/mol. The van der Waals surface area contributed by atoms with Gasteiger partial charge in [-0.25, -0.2) is 0 Å². The lowest BCUT2D eigenvalue weighted by Crippen LogP contribution is -2.68. The maximum absolute atomic E-state index is 13.1. The molecule has 3 aromatic rings. The lowest BCUT2D eigenvalue weighted by atomic mass is 9.71. The van der Waals surface area contributed by atoms with Gasteiger partial charge in [0.05, 0.1) is 18.2 Å². The molecule has 1 fully saturated rings. The van der Waals surface area contributed by atoms with Crippen LogP contribution in [0.2, 0.25) is 0 Å². The van der Waals surface area contributed by atoms with E-state index in [1.165, 1.54) is 0 Å². The third kappa shape index (κ3) is 4.23. The van der Waals surface area contributed by atoms with Gasteiger partial charge in [-0.2, -0.15) is 5.26 Å². The van der Waals surface area contributed by atoms with Crippen LogP contribution in [0.25, 0.3) is 0 Å². The Morgan fingerprint density at radius 1 is 1.02 bits per heavy atom. The number of benzene rings is 3. The molecule has 3 aromatic carbocycles. The molecule has 4 aliphatic rings. The molecule has 0 radical (unpaired) electrons. The number of hydrogen-bond donors (Lipinski definition) is 2. The van der Waals surface area contributed by atoms with Crippen LogP contribution in [0, 0.1) is 32.1 Å². The Hall–Kier alpha value is -4.26. The van der Waals surface area contributed by atoms with Gasteiger partial charge < -0.3 is 24.4 Å². The van der Waals surface area contributed by atoms with Crippen LogP contribution in [0.3, 0.4) is 0 Å². The highest BCUT2D eigenvalue weighted by atomic mass is 16.7. The van der Waals surface area contributed by atoms with Crippen LogP contribution in [0.1, 0.15) is 63.0 Å². The van der Waals surface area contributed by atoms with Crippen molar-refractivity contribution in [1.82, 2.24) is 9.80 Å². The Morgan fingerprint density at radius 2 is 1.77 bits per heavy atom. The van der Waals surface area contributed by atoms with Crippen molar-refractivity contribution in [1.29, 1.82) is 5.26 Å². The van der Waals surface area contributed by atoms with E-state index in [1.807, 2.05) is 58.2 Å². The third-order valence-electron chi connectivity index (χ3n) is 10.3. The smallest absolute Gasteiger partial charge is 0.306 e. The fourth-order valence-electron chi connectivity index (χ4n) is 8.00. The zero-order chi connectivity index (χ0) is 30.9. The minimum atomic E-state index is -0.565. The first-order valence-electron chi connectivity index (χ1n) is 15.3. The number of piperazine rings is 1. The first-order valence-corrected chi connectivity index (χ1v) is 15.3. The van der Waals surface area contributed by atoms with E-state index in [0.29, 0.717) is 47.5 Å². The number of fused-ring (bicyclic) bond motifs is 9. The van der Waals surface area contributed by atoms with Gasteiger partial charge in [0, 0.05) is 40.8 Å². The molecule has 4 aliphatic heterocycles. The van der Waals surface area contributed by atoms with Crippen molar-refractivity contribution in [3.8, 4) is 29.1 Å². The zero-order valence-corrected chi connectivity index (χ0v) is 25.5. The fourth-order valence-corrected chi connectivity index (χ4v) is 8.00. The fraction of sp³-hybridized carbons (Fsp3) is 0.429. The average Bonchev–Trinajstić information content (AvgIpc) is 3.51. The molecular formula is C35H37N3O6. The molecular weight excluding hydrogens is 558 g/mol. The van der Waals surface area contributed by atoms with Gasteiger partial charge >= 0.3 is 5.97 Å². The van der Waals surface area contributed by atoms with E-state index < -0.39 is 12.1 Å². The lowest BCUT2D eigenvalue weighted by molar-refractivity contribution is -0.149. The second kappa shape index (κ2) is 10.7. The highest BCUT2D eigenvalue weighted by Gasteiger charge is 2.56. The molecule has 44 heavy (non-hydrogen) atoms. The van der Waals surface area contributed by atoms with Gasteiger partial charge in [0.25, 0.3) is 0 Å². The first kappa shape index (κ1) is 28.5. The summed E-state index contributed by atoms with van der Waals surface area (Å²) in [5.41, 5.74) is 6.85. The number of aromatic hydroxyl groups is 2. The molecule has 228 valence electrons. The number of hydrogen-bond acceptors (Lipinski definition) is 9. The van der Waals surface area contributed by atoms with Crippen LogP contribution < -0.4 is 9.47 Å². The highest BCUT2D eigenvalue weighted by Crippen LogP contribution is 2.57. The minimum absolute atomic E-state index is 0.0114. The summed E-state index contributed by atoms with van der Waals surface area (Å²) >= 11 is 0. The summed E-state index contributed by atoms with van der Waals surface area (Å²) in [6.07, 6.45) is 1.80. The molecule has 7 rings (SSSR count). The minimum Gasteiger partial charge on any atom is -0.507 e. The Labute approximate surface area is 257 Å². The predicted octanol–water partition coefficient (Wildman–Crippen LogP) is 4.70. The van der Waals surface area contributed by atoms with E-state index in [0.717, 1.165) is 27.8 Å². The van der Waals surface area contributed by atoms with Gasteiger partial charge in [-0.1, -0.05) is 36.4 Å². The maximum Gasteiger partial charge on any atom is 0.306 e. The molecule has 9 heteroatoms. The van der Waals surface area contributed by atoms with Crippen LogP contribution in [-0.4, -0.2) is 64.6 Å². The molecule has 5 atom stereocenters. The molecule has 0 saturated carbocycles. The van der Waals surface area contributed by atoms with Crippen molar-refractivity contribution in [2.45, 2.75) is 76.7 Å². The van der Waals surface area contributed by atoms with Gasteiger partial charge in [-0.05, 0) is 69.3 Å².